The van der Waals surface area contributed by atoms with Gasteiger partial charge in [-0.15, -0.1) is 0 Å². The third kappa shape index (κ3) is 7.12. The van der Waals surface area contributed by atoms with Crippen LogP contribution in [0.1, 0.15) is 26.3 Å². The Labute approximate surface area is 134 Å². The predicted octanol–water partition coefficient (Wildman–Crippen LogP) is 1.15. The summed E-state index contributed by atoms with van der Waals surface area (Å²) in [5.41, 5.74) is 5.32. The fraction of sp³-hybridized carbons (Fsp3) is 0.312. The summed E-state index contributed by atoms with van der Waals surface area (Å²) in [4.78, 5) is 32.8. The topological polar surface area (TPSA) is 105 Å². The molecule has 0 unspecified atom stereocenters. The molecule has 0 fully saturated rings. The van der Waals surface area contributed by atoms with E-state index in [1.807, 2.05) is 17.6 Å². The van der Waals surface area contributed by atoms with E-state index in [0.29, 0.717) is 11.8 Å². The van der Waals surface area contributed by atoms with Crippen LogP contribution in [0.15, 0.2) is 36.4 Å². The molecule has 3 N–H and O–H groups in total. The summed E-state index contributed by atoms with van der Waals surface area (Å²) in [5.74, 6) is -2.05. The highest BCUT2D eigenvalue weighted by Crippen LogP contribution is 2.24. The molecule has 7 heteroatoms. The number of carbonyl (C=O) groups is 3. The van der Waals surface area contributed by atoms with E-state index >= 15 is 0 Å². The summed E-state index contributed by atoms with van der Waals surface area (Å²) in [7, 11) is 0. The predicted molar refractivity (Wildman–Crippen MR) is 83.7 cm³/mol. The minimum absolute atomic E-state index is 0.0314. The van der Waals surface area contributed by atoms with Gasteiger partial charge in [-0.1, -0.05) is 32.9 Å². The lowest BCUT2D eigenvalue weighted by Crippen LogP contribution is -2.43. The van der Waals surface area contributed by atoms with Crippen molar-refractivity contribution >= 4 is 17.8 Å². The first-order valence-electron chi connectivity index (χ1n) is 6.91. The van der Waals surface area contributed by atoms with E-state index < -0.39 is 17.8 Å². The van der Waals surface area contributed by atoms with Gasteiger partial charge in [0, 0.05) is 12.2 Å². The smallest absolute Gasteiger partial charge is 0.328 e. The second-order valence-corrected chi connectivity index (χ2v) is 5.77. The summed E-state index contributed by atoms with van der Waals surface area (Å²) >= 11 is 0. The summed E-state index contributed by atoms with van der Waals surface area (Å²) < 4.78 is 5.29. The standard InChI is InChI=1S/C16H20N2O5/c1-16(2,3)11-4-6-12(7-5-11)23-10-14(20)18-17-13(19)8-9-15(21)22/h4-9H,10H2,1-3H3,(H,17,19)(H,18,20)(H,21,22). The lowest BCUT2D eigenvalue weighted by Gasteiger charge is -2.19. The van der Waals surface area contributed by atoms with Crippen LogP contribution in [-0.2, 0) is 19.8 Å². The number of nitrogens with one attached hydrogen (secondary N) is 2. The van der Waals surface area contributed by atoms with Crippen LogP contribution in [0.2, 0.25) is 0 Å². The third-order valence-electron chi connectivity index (χ3n) is 2.79. The molecule has 23 heavy (non-hydrogen) atoms. The molecule has 0 aliphatic carbocycles. The Kier molecular flexibility index (Phi) is 6.32. The van der Waals surface area contributed by atoms with Crippen molar-refractivity contribution in [1.29, 1.82) is 0 Å². The Morgan fingerprint density at radius 3 is 2.22 bits per heavy atom. The van der Waals surface area contributed by atoms with Crippen molar-refractivity contribution in [1.82, 2.24) is 10.9 Å². The summed E-state index contributed by atoms with van der Waals surface area (Å²) in [6, 6.07) is 7.38. The zero-order chi connectivity index (χ0) is 17.5. The van der Waals surface area contributed by atoms with Crippen LogP contribution < -0.4 is 15.6 Å². The van der Waals surface area contributed by atoms with Gasteiger partial charge in [-0.3, -0.25) is 20.4 Å². The van der Waals surface area contributed by atoms with Crippen LogP contribution in [0.5, 0.6) is 5.75 Å². The number of amides is 2. The third-order valence-corrected chi connectivity index (χ3v) is 2.79. The maximum Gasteiger partial charge on any atom is 0.328 e. The molecule has 0 aliphatic heterocycles. The Morgan fingerprint density at radius 1 is 1.09 bits per heavy atom. The van der Waals surface area contributed by atoms with Crippen LogP contribution in [0.4, 0.5) is 0 Å². The van der Waals surface area contributed by atoms with Crippen LogP contribution >= 0.6 is 0 Å². The Balaban J connectivity index is 2.39. The first-order valence-corrected chi connectivity index (χ1v) is 6.91. The molecular weight excluding hydrogens is 300 g/mol. The fourth-order valence-corrected chi connectivity index (χ4v) is 1.56. The van der Waals surface area contributed by atoms with E-state index in [-0.39, 0.29) is 12.0 Å². The van der Waals surface area contributed by atoms with Crippen molar-refractivity contribution in [2.24, 2.45) is 0 Å². The van der Waals surface area contributed by atoms with E-state index in [0.717, 1.165) is 11.6 Å². The maximum absolute atomic E-state index is 11.5. The lowest BCUT2D eigenvalue weighted by molar-refractivity contribution is -0.131. The van der Waals surface area contributed by atoms with Crippen LogP contribution in [0.3, 0.4) is 0 Å². The second-order valence-electron chi connectivity index (χ2n) is 5.77. The van der Waals surface area contributed by atoms with Gasteiger partial charge in [0.1, 0.15) is 5.75 Å². The molecule has 1 aromatic carbocycles. The first-order chi connectivity index (χ1) is 10.7. The monoisotopic (exact) mass is 320 g/mol. The quantitative estimate of drug-likeness (QED) is 0.557. The molecule has 0 spiro atoms. The summed E-state index contributed by atoms with van der Waals surface area (Å²) in [6.45, 7) is 6.01. The van der Waals surface area contributed by atoms with Crippen LogP contribution in [0, 0.1) is 0 Å². The molecule has 2 amide bonds. The van der Waals surface area contributed by atoms with E-state index in [9.17, 15) is 14.4 Å². The van der Waals surface area contributed by atoms with E-state index in [1.54, 1.807) is 12.1 Å². The van der Waals surface area contributed by atoms with Crippen molar-refractivity contribution in [2.75, 3.05) is 6.61 Å². The lowest BCUT2D eigenvalue weighted by atomic mass is 9.87. The zero-order valence-electron chi connectivity index (χ0n) is 13.3. The highest BCUT2D eigenvalue weighted by Gasteiger charge is 2.13. The van der Waals surface area contributed by atoms with Gasteiger partial charge < -0.3 is 9.84 Å². The van der Waals surface area contributed by atoms with Crippen molar-refractivity contribution in [2.45, 2.75) is 26.2 Å². The number of ether oxygens (including phenoxy) is 1. The highest BCUT2D eigenvalue weighted by molar-refractivity contribution is 5.94. The van der Waals surface area contributed by atoms with Gasteiger partial charge >= 0.3 is 5.97 Å². The molecule has 7 nitrogen and oxygen atoms in total. The number of hydrogen-bond acceptors (Lipinski definition) is 4. The second kappa shape index (κ2) is 7.98. The summed E-state index contributed by atoms with van der Waals surface area (Å²) in [6.07, 6.45) is 1.45. The number of carbonyl (C=O) groups excluding carboxylic acids is 2. The van der Waals surface area contributed by atoms with Gasteiger partial charge in [0.25, 0.3) is 11.8 Å². The fourth-order valence-electron chi connectivity index (χ4n) is 1.56. The van der Waals surface area contributed by atoms with E-state index in [1.165, 1.54) is 0 Å². The number of benzene rings is 1. The Morgan fingerprint density at radius 2 is 1.70 bits per heavy atom. The van der Waals surface area contributed by atoms with Gasteiger partial charge in [0.2, 0.25) is 0 Å². The van der Waals surface area contributed by atoms with Gasteiger partial charge in [0.05, 0.1) is 0 Å². The molecule has 0 atom stereocenters. The normalized spacial score (nSPS) is 11.1. The first kappa shape index (κ1) is 18.2. The number of carboxylic acid groups (broad SMARTS) is 1. The van der Waals surface area contributed by atoms with Crippen molar-refractivity contribution in [3.05, 3.63) is 42.0 Å². The maximum atomic E-state index is 11.5. The highest BCUT2D eigenvalue weighted by atomic mass is 16.5. The number of rotatable bonds is 5. The number of aliphatic carboxylic acids is 1. The molecule has 0 radical (unpaired) electrons. The van der Waals surface area contributed by atoms with Gasteiger partial charge in [-0.2, -0.15) is 0 Å². The van der Waals surface area contributed by atoms with Gasteiger partial charge in [-0.25, -0.2) is 4.79 Å². The van der Waals surface area contributed by atoms with Gasteiger partial charge in [0.15, 0.2) is 6.61 Å². The van der Waals surface area contributed by atoms with Crippen molar-refractivity contribution in [3.63, 3.8) is 0 Å². The SMILES string of the molecule is CC(C)(C)c1ccc(OCC(=O)NNC(=O)C=CC(=O)O)cc1. The number of hydrazine groups is 1. The molecule has 124 valence electrons. The zero-order valence-corrected chi connectivity index (χ0v) is 13.3. The molecule has 0 aliphatic rings. The molecule has 0 bridgehead atoms. The number of carboxylic acids is 1. The van der Waals surface area contributed by atoms with Crippen molar-refractivity contribution < 1.29 is 24.2 Å². The Bertz CT molecular complexity index is 600. The summed E-state index contributed by atoms with van der Waals surface area (Å²) in [5, 5.41) is 8.35. The molecule has 0 heterocycles. The average Bonchev–Trinajstić information content (AvgIpc) is 2.48. The van der Waals surface area contributed by atoms with E-state index in [2.05, 4.69) is 26.2 Å². The average molecular weight is 320 g/mol. The van der Waals surface area contributed by atoms with Crippen LogP contribution in [0.25, 0.3) is 0 Å². The molecular formula is C16H20N2O5. The number of hydrogen-bond donors (Lipinski definition) is 3. The molecule has 0 saturated heterocycles. The molecule has 1 aromatic rings. The minimum atomic E-state index is -1.26. The van der Waals surface area contributed by atoms with E-state index in [4.69, 9.17) is 9.84 Å². The van der Waals surface area contributed by atoms with Crippen molar-refractivity contribution in [3.8, 4) is 5.75 Å². The minimum Gasteiger partial charge on any atom is -0.484 e. The Hall–Kier alpha value is -2.83. The van der Waals surface area contributed by atoms with Crippen LogP contribution in [-0.4, -0.2) is 29.5 Å². The largest absolute Gasteiger partial charge is 0.484 e. The molecule has 0 aromatic heterocycles. The molecule has 0 saturated carbocycles. The van der Waals surface area contributed by atoms with Gasteiger partial charge in [-0.05, 0) is 23.1 Å². The molecule has 1 rings (SSSR count).